The van der Waals surface area contributed by atoms with E-state index in [4.69, 9.17) is 34.8 Å². The number of rotatable bonds is 6. The van der Waals surface area contributed by atoms with Gasteiger partial charge in [0.05, 0.1) is 5.02 Å². The number of alkyl halides is 1. The standard InChI is InChI=1S/C13H13Cl3O2/c1-8(4-2-3-7-14)13(18)9-5-6-10(17)12(16)11(9)15/h5-6,17H,1-4,7H2. The summed E-state index contributed by atoms with van der Waals surface area (Å²) >= 11 is 17.3. The van der Waals surface area contributed by atoms with Crippen molar-refractivity contribution < 1.29 is 9.90 Å². The number of benzene rings is 1. The number of hydrogen-bond donors (Lipinski definition) is 1. The Hall–Kier alpha value is -0.700. The van der Waals surface area contributed by atoms with Gasteiger partial charge in [-0.25, -0.2) is 0 Å². The smallest absolute Gasteiger partial charge is 0.189 e. The number of Topliss-reactive ketones (excluding diaryl/α,β-unsaturated/α-hetero) is 1. The molecule has 0 aromatic heterocycles. The predicted octanol–water partition coefficient (Wildman–Crippen LogP) is 4.85. The molecule has 0 heterocycles. The summed E-state index contributed by atoms with van der Waals surface area (Å²) in [5.74, 6) is 0.162. The second-order valence-corrected chi connectivity index (χ2v) is 4.97. The number of phenolic OH excluding ortho intramolecular Hbond substituents is 1. The quantitative estimate of drug-likeness (QED) is 0.353. The van der Waals surface area contributed by atoms with Crippen LogP contribution < -0.4 is 0 Å². The second kappa shape index (κ2) is 7.03. The molecule has 0 saturated heterocycles. The molecule has 0 atom stereocenters. The zero-order valence-electron chi connectivity index (χ0n) is 9.68. The monoisotopic (exact) mass is 306 g/mol. The van der Waals surface area contributed by atoms with Gasteiger partial charge in [-0.3, -0.25) is 4.79 Å². The highest BCUT2D eigenvalue weighted by molar-refractivity contribution is 6.45. The van der Waals surface area contributed by atoms with E-state index < -0.39 is 0 Å². The van der Waals surface area contributed by atoms with E-state index in [2.05, 4.69) is 6.58 Å². The van der Waals surface area contributed by atoms with Crippen molar-refractivity contribution in [3.8, 4) is 5.75 Å². The Morgan fingerprint density at radius 3 is 2.50 bits per heavy atom. The van der Waals surface area contributed by atoms with Crippen LogP contribution in [0, 0.1) is 0 Å². The summed E-state index contributed by atoms with van der Waals surface area (Å²) in [5.41, 5.74) is 0.721. The van der Waals surface area contributed by atoms with Gasteiger partial charge in [0.15, 0.2) is 5.78 Å². The van der Waals surface area contributed by atoms with E-state index in [9.17, 15) is 9.90 Å². The number of ketones is 1. The van der Waals surface area contributed by atoms with Gasteiger partial charge in [0.25, 0.3) is 0 Å². The van der Waals surface area contributed by atoms with E-state index >= 15 is 0 Å². The van der Waals surface area contributed by atoms with Crippen molar-refractivity contribution in [2.24, 2.45) is 0 Å². The zero-order chi connectivity index (χ0) is 13.7. The lowest BCUT2D eigenvalue weighted by molar-refractivity contribution is 0.103. The first kappa shape index (κ1) is 15.4. The lowest BCUT2D eigenvalue weighted by Gasteiger charge is -2.08. The van der Waals surface area contributed by atoms with Crippen LogP contribution in [0.15, 0.2) is 24.3 Å². The molecule has 0 aliphatic heterocycles. The number of carbonyl (C=O) groups excluding carboxylic acids is 1. The molecule has 0 saturated carbocycles. The second-order valence-electron chi connectivity index (χ2n) is 3.84. The van der Waals surface area contributed by atoms with Crippen LogP contribution in [0.2, 0.25) is 10.0 Å². The van der Waals surface area contributed by atoms with Gasteiger partial charge >= 0.3 is 0 Å². The van der Waals surface area contributed by atoms with E-state index in [1.165, 1.54) is 12.1 Å². The molecule has 5 heteroatoms. The Bertz CT molecular complexity index is 470. The van der Waals surface area contributed by atoms with Gasteiger partial charge in [-0.05, 0) is 37.0 Å². The number of hydrogen-bond acceptors (Lipinski definition) is 2. The number of aromatic hydroxyl groups is 1. The molecule has 0 spiro atoms. The first-order valence-corrected chi connectivity index (χ1v) is 6.73. The topological polar surface area (TPSA) is 37.3 Å². The van der Waals surface area contributed by atoms with Crippen molar-refractivity contribution in [1.82, 2.24) is 0 Å². The van der Waals surface area contributed by atoms with E-state index in [1.54, 1.807) is 0 Å². The molecule has 1 N–H and O–H groups in total. The molecule has 0 aliphatic rings. The van der Waals surface area contributed by atoms with Crippen molar-refractivity contribution in [3.63, 3.8) is 0 Å². The van der Waals surface area contributed by atoms with Crippen LogP contribution in [0.1, 0.15) is 29.6 Å². The van der Waals surface area contributed by atoms with Crippen LogP contribution in [-0.4, -0.2) is 16.8 Å². The van der Waals surface area contributed by atoms with Crippen molar-refractivity contribution in [2.75, 3.05) is 5.88 Å². The van der Waals surface area contributed by atoms with Crippen LogP contribution in [0.3, 0.4) is 0 Å². The number of halogens is 3. The van der Waals surface area contributed by atoms with Crippen LogP contribution >= 0.6 is 34.8 Å². The highest BCUT2D eigenvalue weighted by Crippen LogP contribution is 2.34. The molecule has 0 aliphatic carbocycles. The van der Waals surface area contributed by atoms with E-state index in [0.717, 1.165) is 12.8 Å². The molecule has 18 heavy (non-hydrogen) atoms. The fourth-order valence-electron chi connectivity index (χ4n) is 1.45. The van der Waals surface area contributed by atoms with Gasteiger partial charge in [0.2, 0.25) is 0 Å². The summed E-state index contributed by atoms with van der Waals surface area (Å²) < 4.78 is 0. The molecule has 1 rings (SSSR count). The average Bonchev–Trinajstić information content (AvgIpc) is 2.35. The minimum atomic E-state index is -0.253. The van der Waals surface area contributed by atoms with Crippen LogP contribution in [-0.2, 0) is 0 Å². The van der Waals surface area contributed by atoms with E-state index in [0.29, 0.717) is 17.9 Å². The molecule has 1 aromatic rings. The Labute approximate surface area is 121 Å². The Morgan fingerprint density at radius 2 is 1.89 bits per heavy atom. The summed E-state index contributed by atoms with van der Waals surface area (Å²) in [7, 11) is 0. The van der Waals surface area contributed by atoms with E-state index in [1.807, 2.05) is 0 Å². The third-order valence-electron chi connectivity index (χ3n) is 2.49. The molecular formula is C13H13Cl3O2. The molecule has 0 fully saturated rings. The SMILES string of the molecule is C=C(CCCCCl)C(=O)c1ccc(O)c(Cl)c1Cl. The van der Waals surface area contributed by atoms with E-state index in [-0.39, 0.29) is 27.1 Å². The van der Waals surface area contributed by atoms with Gasteiger partial charge in [-0.2, -0.15) is 0 Å². The minimum absolute atomic E-state index is 0.0175. The number of phenols is 1. The highest BCUT2D eigenvalue weighted by Gasteiger charge is 2.17. The van der Waals surface area contributed by atoms with Gasteiger partial charge in [0.1, 0.15) is 10.8 Å². The number of unbranched alkanes of at least 4 members (excludes halogenated alkanes) is 1. The highest BCUT2D eigenvalue weighted by atomic mass is 35.5. The van der Waals surface area contributed by atoms with Gasteiger partial charge < -0.3 is 5.11 Å². The maximum absolute atomic E-state index is 12.1. The maximum Gasteiger partial charge on any atom is 0.189 e. The summed E-state index contributed by atoms with van der Waals surface area (Å²) in [5, 5.41) is 9.39. The van der Waals surface area contributed by atoms with Crippen molar-refractivity contribution >= 4 is 40.6 Å². The zero-order valence-corrected chi connectivity index (χ0v) is 11.9. The van der Waals surface area contributed by atoms with Crippen molar-refractivity contribution in [1.29, 1.82) is 0 Å². The molecule has 2 nitrogen and oxygen atoms in total. The van der Waals surface area contributed by atoms with Gasteiger partial charge in [-0.1, -0.05) is 29.8 Å². The van der Waals surface area contributed by atoms with Crippen LogP contribution in [0.5, 0.6) is 5.75 Å². The predicted molar refractivity (Wildman–Crippen MR) is 76.2 cm³/mol. The third-order valence-corrected chi connectivity index (χ3v) is 3.63. The van der Waals surface area contributed by atoms with Crippen molar-refractivity contribution in [3.05, 3.63) is 39.9 Å². The number of carbonyl (C=O) groups is 1. The summed E-state index contributed by atoms with van der Waals surface area (Å²) in [6.45, 7) is 3.74. The molecule has 1 aromatic carbocycles. The lowest BCUT2D eigenvalue weighted by atomic mass is 10.00. The van der Waals surface area contributed by atoms with Crippen molar-refractivity contribution in [2.45, 2.75) is 19.3 Å². The largest absolute Gasteiger partial charge is 0.506 e. The molecule has 0 amide bonds. The van der Waals surface area contributed by atoms with Crippen LogP contribution in [0.4, 0.5) is 0 Å². The third kappa shape index (κ3) is 3.64. The molecule has 0 radical (unpaired) electrons. The fourth-order valence-corrected chi connectivity index (χ4v) is 2.05. The summed E-state index contributed by atoms with van der Waals surface area (Å²) in [6.07, 6.45) is 2.20. The Morgan fingerprint density at radius 1 is 1.22 bits per heavy atom. The summed E-state index contributed by atoms with van der Waals surface area (Å²) in [4.78, 5) is 12.1. The number of allylic oxidation sites excluding steroid dienone is 1. The fraction of sp³-hybridized carbons (Fsp3) is 0.308. The Kier molecular flexibility index (Phi) is 6.00. The normalized spacial score (nSPS) is 10.4. The van der Waals surface area contributed by atoms with Gasteiger partial charge in [-0.15, -0.1) is 11.6 Å². The molecule has 0 unspecified atom stereocenters. The first-order chi connectivity index (χ1) is 8.49. The molecular weight excluding hydrogens is 294 g/mol. The van der Waals surface area contributed by atoms with Crippen LogP contribution in [0.25, 0.3) is 0 Å². The Balaban J connectivity index is 2.84. The first-order valence-electron chi connectivity index (χ1n) is 5.44. The van der Waals surface area contributed by atoms with Gasteiger partial charge in [0, 0.05) is 11.4 Å². The molecule has 98 valence electrons. The molecule has 0 bridgehead atoms. The maximum atomic E-state index is 12.1. The lowest BCUT2D eigenvalue weighted by Crippen LogP contribution is -2.04. The average molecular weight is 308 g/mol. The summed E-state index contributed by atoms with van der Waals surface area (Å²) in [6, 6.07) is 2.78. The minimum Gasteiger partial charge on any atom is -0.506 e.